The lowest BCUT2D eigenvalue weighted by Crippen LogP contribution is -2.32. The van der Waals surface area contributed by atoms with Gasteiger partial charge in [-0.1, -0.05) is 26.0 Å². The zero-order valence-corrected chi connectivity index (χ0v) is 12.1. The summed E-state index contributed by atoms with van der Waals surface area (Å²) in [4.78, 5) is 14.2. The molecule has 3 heteroatoms. The van der Waals surface area contributed by atoms with Crippen LogP contribution in [0.3, 0.4) is 0 Å². The molecular formula is C16H24N2O. The Morgan fingerprint density at radius 1 is 1.26 bits per heavy atom. The van der Waals surface area contributed by atoms with Gasteiger partial charge in [-0.3, -0.25) is 4.79 Å². The third kappa shape index (κ3) is 3.16. The fraction of sp³-hybridized carbons (Fsp3) is 0.562. The summed E-state index contributed by atoms with van der Waals surface area (Å²) in [7, 11) is 1.86. The summed E-state index contributed by atoms with van der Waals surface area (Å²) >= 11 is 0. The molecule has 0 unspecified atom stereocenters. The van der Waals surface area contributed by atoms with Gasteiger partial charge in [-0.25, -0.2) is 0 Å². The zero-order chi connectivity index (χ0) is 14.0. The lowest BCUT2D eigenvalue weighted by molar-refractivity contribution is -0.121. The monoisotopic (exact) mass is 260 g/mol. The van der Waals surface area contributed by atoms with Crippen LogP contribution in [0, 0.1) is 5.92 Å². The predicted octanol–water partition coefficient (Wildman–Crippen LogP) is 2.90. The fourth-order valence-electron chi connectivity index (χ4n) is 2.72. The molecule has 0 heterocycles. The second-order valence-electron chi connectivity index (χ2n) is 5.91. The van der Waals surface area contributed by atoms with Gasteiger partial charge >= 0.3 is 0 Å². The molecule has 1 aliphatic rings. The van der Waals surface area contributed by atoms with Crippen LogP contribution >= 0.6 is 0 Å². The van der Waals surface area contributed by atoms with Gasteiger partial charge < -0.3 is 10.6 Å². The number of benzene rings is 1. The first-order valence-electron chi connectivity index (χ1n) is 7.12. The number of amides is 1. The van der Waals surface area contributed by atoms with Crippen LogP contribution in [-0.2, 0) is 4.79 Å². The molecule has 19 heavy (non-hydrogen) atoms. The van der Waals surface area contributed by atoms with Crippen molar-refractivity contribution in [3.8, 4) is 0 Å². The Hall–Kier alpha value is -1.35. The van der Waals surface area contributed by atoms with E-state index in [9.17, 15) is 4.79 Å². The molecule has 2 atom stereocenters. The van der Waals surface area contributed by atoms with Crippen LogP contribution in [0.4, 0.5) is 5.69 Å². The van der Waals surface area contributed by atoms with Gasteiger partial charge in [-0.2, -0.15) is 0 Å². The van der Waals surface area contributed by atoms with E-state index < -0.39 is 0 Å². The van der Waals surface area contributed by atoms with Crippen LogP contribution in [0.15, 0.2) is 24.3 Å². The quantitative estimate of drug-likeness (QED) is 0.908. The van der Waals surface area contributed by atoms with Crippen LogP contribution in [0.2, 0.25) is 0 Å². The van der Waals surface area contributed by atoms with Gasteiger partial charge in [-0.15, -0.1) is 0 Å². The van der Waals surface area contributed by atoms with Crippen molar-refractivity contribution >= 4 is 11.6 Å². The Morgan fingerprint density at radius 3 is 2.37 bits per heavy atom. The van der Waals surface area contributed by atoms with E-state index in [1.54, 1.807) is 4.90 Å². The molecule has 0 radical (unpaired) electrons. The number of hydrogen-bond donors (Lipinski definition) is 1. The van der Waals surface area contributed by atoms with Crippen molar-refractivity contribution in [1.82, 2.24) is 0 Å². The number of rotatable bonds is 3. The van der Waals surface area contributed by atoms with Crippen LogP contribution in [0.25, 0.3) is 0 Å². The van der Waals surface area contributed by atoms with Crippen LogP contribution in [-0.4, -0.2) is 19.0 Å². The summed E-state index contributed by atoms with van der Waals surface area (Å²) in [6.45, 7) is 4.34. The minimum atomic E-state index is 0.102. The molecule has 0 saturated heterocycles. The molecule has 1 aromatic carbocycles. The van der Waals surface area contributed by atoms with Crippen molar-refractivity contribution in [2.45, 2.75) is 45.1 Å². The summed E-state index contributed by atoms with van der Waals surface area (Å²) in [6, 6.07) is 8.46. The number of nitrogens with zero attached hydrogens (tertiary/aromatic N) is 1. The smallest absolute Gasteiger partial charge is 0.229 e. The Balaban J connectivity index is 2.06. The van der Waals surface area contributed by atoms with Crippen LogP contribution in [0.5, 0.6) is 0 Å². The third-order valence-electron chi connectivity index (χ3n) is 4.10. The highest BCUT2D eigenvalue weighted by Crippen LogP contribution is 2.28. The maximum absolute atomic E-state index is 12.4. The standard InChI is InChI=1S/C16H24N2O/c1-11(2)12-5-8-15(9-6-12)18(3)16(19)13-4-7-14(17)10-13/h5-6,8-9,11,13-14H,4,7,10,17H2,1-3H3/t13-,14-/m1/s1. The Morgan fingerprint density at radius 2 is 1.89 bits per heavy atom. The summed E-state index contributed by atoms with van der Waals surface area (Å²) < 4.78 is 0. The second-order valence-corrected chi connectivity index (χ2v) is 5.91. The van der Waals surface area contributed by atoms with Crippen molar-refractivity contribution < 1.29 is 4.79 Å². The van der Waals surface area contributed by atoms with Crippen LogP contribution < -0.4 is 10.6 Å². The van der Waals surface area contributed by atoms with E-state index >= 15 is 0 Å². The average molecular weight is 260 g/mol. The molecule has 2 N–H and O–H groups in total. The van der Waals surface area contributed by atoms with E-state index in [0.717, 1.165) is 24.9 Å². The van der Waals surface area contributed by atoms with E-state index in [1.165, 1.54) is 5.56 Å². The first-order chi connectivity index (χ1) is 8.99. The van der Waals surface area contributed by atoms with Crippen molar-refractivity contribution in [2.24, 2.45) is 11.7 Å². The minimum Gasteiger partial charge on any atom is -0.328 e. The number of nitrogens with two attached hydrogens (primary N) is 1. The van der Waals surface area contributed by atoms with Gasteiger partial charge in [-0.05, 0) is 42.9 Å². The molecule has 1 aromatic rings. The van der Waals surface area contributed by atoms with E-state index in [1.807, 2.05) is 19.2 Å². The van der Waals surface area contributed by atoms with Crippen LogP contribution in [0.1, 0.15) is 44.6 Å². The predicted molar refractivity (Wildman–Crippen MR) is 79.3 cm³/mol. The molecule has 0 aliphatic heterocycles. The molecule has 0 bridgehead atoms. The number of anilines is 1. The van der Waals surface area contributed by atoms with Crippen molar-refractivity contribution in [3.63, 3.8) is 0 Å². The second kappa shape index (κ2) is 5.74. The maximum atomic E-state index is 12.4. The van der Waals surface area contributed by atoms with Gasteiger partial charge in [0.1, 0.15) is 0 Å². The van der Waals surface area contributed by atoms with E-state index in [0.29, 0.717) is 5.92 Å². The molecule has 1 fully saturated rings. The zero-order valence-electron chi connectivity index (χ0n) is 12.1. The fourth-order valence-corrected chi connectivity index (χ4v) is 2.72. The molecule has 2 rings (SSSR count). The molecule has 104 valence electrons. The largest absolute Gasteiger partial charge is 0.328 e. The van der Waals surface area contributed by atoms with Gasteiger partial charge in [0.2, 0.25) is 5.91 Å². The molecule has 0 spiro atoms. The molecule has 1 aliphatic carbocycles. The van der Waals surface area contributed by atoms with E-state index in [-0.39, 0.29) is 17.9 Å². The number of hydrogen-bond acceptors (Lipinski definition) is 2. The number of carbonyl (C=O) groups excluding carboxylic acids is 1. The normalized spacial score (nSPS) is 22.8. The highest BCUT2D eigenvalue weighted by molar-refractivity contribution is 5.94. The maximum Gasteiger partial charge on any atom is 0.229 e. The van der Waals surface area contributed by atoms with E-state index in [4.69, 9.17) is 5.73 Å². The lowest BCUT2D eigenvalue weighted by atomic mass is 10.0. The Kier molecular flexibility index (Phi) is 4.25. The highest BCUT2D eigenvalue weighted by atomic mass is 16.2. The van der Waals surface area contributed by atoms with Gasteiger partial charge in [0.05, 0.1) is 0 Å². The Labute approximate surface area is 115 Å². The van der Waals surface area contributed by atoms with Crippen molar-refractivity contribution in [2.75, 3.05) is 11.9 Å². The molecule has 1 amide bonds. The lowest BCUT2D eigenvalue weighted by Gasteiger charge is -2.21. The van der Waals surface area contributed by atoms with Gasteiger partial charge in [0.25, 0.3) is 0 Å². The summed E-state index contributed by atoms with van der Waals surface area (Å²) in [5.41, 5.74) is 8.15. The minimum absolute atomic E-state index is 0.102. The SMILES string of the molecule is CC(C)c1ccc(N(C)C(=O)[C@@H]2CC[C@@H](N)C2)cc1. The van der Waals surface area contributed by atoms with Crippen molar-refractivity contribution in [1.29, 1.82) is 0 Å². The average Bonchev–Trinajstić information content (AvgIpc) is 2.84. The first-order valence-corrected chi connectivity index (χ1v) is 7.12. The van der Waals surface area contributed by atoms with Crippen molar-refractivity contribution in [3.05, 3.63) is 29.8 Å². The van der Waals surface area contributed by atoms with Gasteiger partial charge in [0.15, 0.2) is 0 Å². The van der Waals surface area contributed by atoms with E-state index in [2.05, 4.69) is 26.0 Å². The molecule has 3 nitrogen and oxygen atoms in total. The highest BCUT2D eigenvalue weighted by Gasteiger charge is 2.30. The Bertz CT molecular complexity index is 439. The summed E-state index contributed by atoms with van der Waals surface area (Å²) in [6.07, 6.45) is 2.72. The first kappa shape index (κ1) is 14.1. The van der Waals surface area contributed by atoms with Gasteiger partial charge in [0, 0.05) is 24.7 Å². The summed E-state index contributed by atoms with van der Waals surface area (Å²) in [5.74, 6) is 0.818. The molecule has 1 saturated carbocycles. The number of carbonyl (C=O) groups is 1. The molecule has 0 aromatic heterocycles. The third-order valence-corrected chi connectivity index (χ3v) is 4.10. The molecular weight excluding hydrogens is 236 g/mol. The topological polar surface area (TPSA) is 46.3 Å². The summed E-state index contributed by atoms with van der Waals surface area (Å²) in [5, 5.41) is 0.